The molecule has 0 spiro atoms. The number of hydrogen-bond acceptors (Lipinski definition) is 4. The number of ether oxygens (including phenoxy) is 2. The monoisotopic (exact) mass is 310 g/mol. The molecule has 0 unspecified atom stereocenters. The average molecular weight is 310 g/mol. The normalized spacial score (nSPS) is 10.5. The van der Waals surface area contributed by atoms with Gasteiger partial charge in [0.2, 0.25) is 0 Å². The molecule has 5 nitrogen and oxygen atoms in total. The van der Waals surface area contributed by atoms with Crippen molar-refractivity contribution >= 4 is 0 Å². The minimum atomic E-state index is 0.101. The van der Waals surface area contributed by atoms with Crippen LogP contribution >= 0.6 is 0 Å². The van der Waals surface area contributed by atoms with Gasteiger partial charge in [-0.15, -0.1) is 0 Å². The molecular weight excluding hydrogens is 292 g/mol. The summed E-state index contributed by atoms with van der Waals surface area (Å²) in [5, 5.41) is 17.3. The fourth-order valence-electron chi connectivity index (χ4n) is 2.44. The predicted octanol–water partition coefficient (Wildman–Crippen LogP) is 4.15. The van der Waals surface area contributed by atoms with Crippen LogP contribution in [0.4, 0.5) is 0 Å². The van der Waals surface area contributed by atoms with Gasteiger partial charge in [0.1, 0.15) is 22.9 Å². The van der Waals surface area contributed by atoms with Crippen LogP contribution in [0.1, 0.15) is 12.5 Å². The number of methoxy groups -OCH3 is 1. The number of nitrogens with one attached hydrogen (secondary N) is 1. The first-order valence-corrected chi connectivity index (χ1v) is 7.39. The molecule has 3 aromatic rings. The maximum absolute atomic E-state index is 10.3. The molecule has 2 aromatic carbocycles. The Hall–Kier alpha value is -2.95. The van der Waals surface area contributed by atoms with E-state index in [2.05, 4.69) is 10.2 Å². The van der Waals surface area contributed by atoms with E-state index >= 15 is 0 Å². The van der Waals surface area contributed by atoms with Crippen molar-refractivity contribution in [3.63, 3.8) is 0 Å². The highest BCUT2D eigenvalue weighted by Gasteiger charge is 2.17. The molecule has 0 aliphatic carbocycles. The van der Waals surface area contributed by atoms with Crippen LogP contribution in [0.3, 0.4) is 0 Å². The molecule has 0 atom stereocenters. The highest BCUT2D eigenvalue weighted by molar-refractivity contribution is 5.74. The summed E-state index contributed by atoms with van der Waals surface area (Å²) in [6.45, 7) is 2.03. The SMILES string of the molecule is CCc1cc(-c2n[nH]cc2Oc2ccccc2)c(O)cc1OC. The Morgan fingerprint density at radius 3 is 2.61 bits per heavy atom. The first-order valence-electron chi connectivity index (χ1n) is 7.39. The number of aryl methyl sites for hydroxylation is 1. The Balaban J connectivity index is 2.02. The Bertz CT molecular complexity index is 797. The van der Waals surface area contributed by atoms with Crippen molar-refractivity contribution in [1.29, 1.82) is 0 Å². The van der Waals surface area contributed by atoms with E-state index in [-0.39, 0.29) is 5.75 Å². The number of aromatic nitrogens is 2. The fourth-order valence-corrected chi connectivity index (χ4v) is 2.44. The lowest BCUT2D eigenvalue weighted by molar-refractivity contribution is 0.403. The van der Waals surface area contributed by atoms with E-state index in [0.717, 1.165) is 12.0 Å². The number of aromatic amines is 1. The van der Waals surface area contributed by atoms with Gasteiger partial charge in [-0.1, -0.05) is 25.1 Å². The van der Waals surface area contributed by atoms with Crippen molar-refractivity contribution in [3.8, 4) is 34.3 Å². The van der Waals surface area contributed by atoms with E-state index in [0.29, 0.717) is 28.5 Å². The van der Waals surface area contributed by atoms with Gasteiger partial charge in [-0.05, 0) is 30.2 Å². The van der Waals surface area contributed by atoms with Crippen LogP contribution in [0.2, 0.25) is 0 Å². The van der Waals surface area contributed by atoms with Crippen molar-refractivity contribution in [2.75, 3.05) is 7.11 Å². The minimum Gasteiger partial charge on any atom is -0.507 e. The second kappa shape index (κ2) is 6.44. The van der Waals surface area contributed by atoms with E-state index in [9.17, 15) is 5.11 Å². The quantitative estimate of drug-likeness (QED) is 0.743. The van der Waals surface area contributed by atoms with Crippen LogP contribution in [0.15, 0.2) is 48.7 Å². The van der Waals surface area contributed by atoms with E-state index in [4.69, 9.17) is 9.47 Å². The van der Waals surface area contributed by atoms with Crippen molar-refractivity contribution in [2.45, 2.75) is 13.3 Å². The third kappa shape index (κ3) is 2.99. The Morgan fingerprint density at radius 1 is 1.13 bits per heavy atom. The van der Waals surface area contributed by atoms with E-state index in [1.807, 2.05) is 43.3 Å². The predicted molar refractivity (Wildman–Crippen MR) is 88.1 cm³/mol. The topological polar surface area (TPSA) is 67.4 Å². The minimum absolute atomic E-state index is 0.101. The summed E-state index contributed by atoms with van der Waals surface area (Å²) in [6, 6.07) is 12.9. The highest BCUT2D eigenvalue weighted by Crippen LogP contribution is 2.39. The molecule has 1 heterocycles. The average Bonchev–Trinajstić information content (AvgIpc) is 3.03. The number of aromatic hydroxyl groups is 1. The van der Waals surface area contributed by atoms with Crippen molar-refractivity contribution in [2.24, 2.45) is 0 Å². The number of hydrogen-bond donors (Lipinski definition) is 2. The lowest BCUT2D eigenvalue weighted by atomic mass is 10.0. The van der Waals surface area contributed by atoms with Crippen LogP contribution < -0.4 is 9.47 Å². The standard InChI is InChI=1S/C18H18N2O3/c1-3-12-9-14(15(21)10-16(12)22-2)18-17(11-19-20-18)23-13-7-5-4-6-8-13/h4-11,21H,3H2,1-2H3,(H,19,20). The number of phenolic OH excluding ortho intramolecular Hbond substituents is 1. The Kier molecular flexibility index (Phi) is 4.19. The molecule has 1 aromatic heterocycles. The number of para-hydroxylation sites is 1. The summed E-state index contributed by atoms with van der Waals surface area (Å²) < 4.78 is 11.1. The largest absolute Gasteiger partial charge is 0.507 e. The molecule has 23 heavy (non-hydrogen) atoms. The highest BCUT2D eigenvalue weighted by atomic mass is 16.5. The number of nitrogens with zero attached hydrogens (tertiary/aromatic N) is 1. The van der Waals surface area contributed by atoms with Crippen LogP contribution in [-0.2, 0) is 6.42 Å². The van der Waals surface area contributed by atoms with E-state index in [1.165, 1.54) is 0 Å². The number of rotatable bonds is 5. The zero-order valence-electron chi connectivity index (χ0n) is 13.0. The maximum Gasteiger partial charge on any atom is 0.173 e. The lowest BCUT2D eigenvalue weighted by Crippen LogP contribution is -1.93. The van der Waals surface area contributed by atoms with Gasteiger partial charge in [0.15, 0.2) is 5.75 Å². The van der Waals surface area contributed by atoms with Gasteiger partial charge in [0.25, 0.3) is 0 Å². The molecule has 0 saturated carbocycles. The van der Waals surface area contributed by atoms with Gasteiger partial charge in [-0.3, -0.25) is 5.10 Å². The molecule has 0 amide bonds. The van der Waals surface area contributed by atoms with Gasteiger partial charge in [-0.2, -0.15) is 5.10 Å². The van der Waals surface area contributed by atoms with Crippen molar-refractivity contribution in [3.05, 3.63) is 54.2 Å². The molecule has 0 aliphatic heterocycles. The zero-order valence-corrected chi connectivity index (χ0v) is 13.0. The van der Waals surface area contributed by atoms with Gasteiger partial charge in [-0.25, -0.2) is 0 Å². The molecule has 5 heteroatoms. The summed E-state index contributed by atoms with van der Waals surface area (Å²) in [4.78, 5) is 0. The first-order chi connectivity index (χ1) is 11.2. The van der Waals surface area contributed by atoms with Crippen LogP contribution in [0.5, 0.6) is 23.0 Å². The fraction of sp³-hybridized carbons (Fsp3) is 0.167. The van der Waals surface area contributed by atoms with Crippen molar-refractivity contribution < 1.29 is 14.6 Å². The molecule has 0 aliphatic rings. The molecular formula is C18H18N2O3. The lowest BCUT2D eigenvalue weighted by Gasteiger charge is -2.12. The smallest absolute Gasteiger partial charge is 0.173 e. The molecule has 0 bridgehead atoms. The van der Waals surface area contributed by atoms with Crippen LogP contribution in [0.25, 0.3) is 11.3 Å². The first kappa shape index (κ1) is 15.0. The van der Waals surface area contributed by atoms with Crippen molar-refractivity contribution in [1.82, 2.24) is 10.2 Å². The summed E-state index contributed by atoms with van der Waals surface area (Å²) in [7, 11) is 1.59. The molecule has 0 fully saturated rings. The van der Waals surface area contributed by atoms with E-state index < -0.39 is 0 Å². The molecule has 0 saturated heterocycles. The third-order valence-electron chi connectivity index (χ3n) is 3.61. The molecule has 3 rings (SSSR count). The van der Waals surface area contributed by atoms with Gasteiger partial charge >= 0.3 is 0 Å². The van der Waals surface area contributed by atoms with Gasteiger partial charge in [0, 0.05) is 11.6 Å². The summed E-state index contributed by atoms with van der Waals surface area (Å²) in [5.41, 5.74) is 2.16. The number of benzene rings is 2. The molecule has 118 valence electrons. The van der Waals surface area contributed by atoms with Crippen LogP contribution in [0, 0.1) is 0 Å². The van der Waals surface area contributed by atoms with Gasteiger partial charge < -0.3 is 14.6 Å². The maximum atomic E-state index is 10.3. The second-order valence-electron chi connectivity index (χ2n) is 5.05. The van der Waals surface area contributed by atoms with Crippen LogP contribution in [-0.4, -0.2) is 22.4 Å². The molecule has 2 N–H and O–H groups in total. The van der Waals surface area contributed by atoms with E-state index in [1.54, 1.807) is 19.4 Å². The molecule has 0 radical (unpaired) electrons. The summed E-state index contributed by atoms with van der Waals surface area (Å²) >= 11 is 0. The van der Waals surface area contributed by atoms with Gasteiger partial charge in [0.05, 0.1) is 13.3 Å². The second-order valence-corrected chi connectivity index (χ2v) is 5.05. The third-order valence-corrected chi connectivity index (χ3v) is 3.61. The summed E-state index contributed by atoms with van der Waals surface area (Å²) in [5.74, 6) is 2.02. The Labute approximate surface area is 134 Å². The number of phenols is 1. The zero-order chi connectivity index (χ0) is 16.2. The number of H-pyrrole nitrogens is 1. The Morgan fingerprint density at radius 2 is 1.91 bits per heavy atom. The summed E-state index contributed by atoms with van der Waals surface area (Å²) in [6.07, 6.45) is 2.45.